The standard InChI is InChI=1S/C10H17NO4/c1-8-4-7-9(11(13)14)5-2-3-6-10(9,12)15-8/h8,12H,2-7H2,1H3/t8-,9-,10+/m1/s1. The molecule has 0 aromatic carbocycles. The molecule has 5 heteroatoms. The lowest BCUT2D eigenvalue weighted by Crippen LogP contribution is -2.65. The Morgan fingerprint density at radius 3 is 2.73 bits per heavy atom. The summed E-state index contributed by atoms with van der Waals surface area (Å²) in [5.41, 5.74) is -1.25. The molecule has 0 amide bonds. The van der Waals surface area contributed by atoms with E-state index in [0.29, 0.717) is 25.7 Å². The molecule has 1 aliphatic carbocycles. The van der Waals surface area contributed by atoms with Gasteiger partial charge < -0.3 is 9.84 Å². The maximum Gasteiger partial charge on any atom is 0.274 e. The second kappa shape index (κ2) is 3.42. The highest BCUT2D eigenvalue weighted by atomic mass is 16.7. The van der Waals surface area contributed by atoms with Crippen molar-refractivity contribution >= 4 is 0 Å². The normalized spacial score (nSPS) is 45.9. The van der Waals surface area contributed by atoms with Crippen LogP contribution in [0.1, 0.15) is 45.4 Å². The predicted octanol–water partition coefficient (Wildman–Crippen LogP) is 1.46. The quantitative estimate of drug-likeness (QED) is 0.531. The summed E-state index contributed by atoms with van der Waals surface area (Å²) in [7, 11) is 0. The lowest BCUT2D eigenvalue weighted by molar-refractivity contribution is -0.629. The minimum Gasteiger partial charge on any atom is -0.360 e. The number of fused-ring (bicyclic) bond motifs is 1. The van der Waals surface area contributed by atoms with Crippen molar-refractivity contribution in [2.75, 3.05) is 0 Å². The molecule has 5 nitrogen and oxygen atoms in total. The van der Waals surface area contributed by atoms with E-state index < -0.39 is 11.3 Å². The Morgan fingerprint density at radius 2 is 2.07 bits per heavy atom. The first kappa shape index (κ1) is 10.8. The Kier molecular flexibility index (Phi) is 2.47. The fourth-order valence-corrected chi connectivity index (χ4v) is 2.86. The number of nitrogens with zero attached hydrogens (tertiary/aromatic N) is 1. The van der Waals surface area contributed by atoms with Crippen LogP contribution < -0.4 is 0 Å². The Morgan fingerprint density at radius 1 is 1.40 bits per heavy atom. The topological polar surface area (TPSA) is 72.6 Å². The van der Waals surface area contributed by atoms with E-state index in [9.17, 15) is 15.2 Å². The van der Waals surface area contributed by atoms with E-state index in [1.165, 1.54) is 0 Å². The van der Waals surface area contributed by atoms with Crippen LogP contribution in [0.5, 0.6) is 0 Å². The molecule has 0 radical (unpaired) electrons. The van der Waals surface area contributed by atoms with Crippen molar-refractivity contribution in [3.8, 4) is 0 Å². The maximum absolute atomic E-state index is 11.2. The smallest absolute Gasteiger partial charge is 0.274 e. The van der Waals surface area contributed by atoms with E-state index in [-0.39, 0.29) is 11.0 Å². The number of nitro groups is 1. The highest BCUT2D eigenvalue weighted by Crippen LogP contribution is 2.47. The predicted molar refractivity (Wildman–Crippen MR) is 52.9 cm³/mol. The van der Waals surface area contributed by atoms with Gasteiger partial charge in [0.25, 0.3) is 5.54 Å². The second-order valence-corrected chi connectivity index (χ2v) is 4.75. The molecule has 0 spiro atoms. The fourth-order valence-electron chi connectivity index (χ4n) is 2.86. The van der Waals surface area contributed by atoms with E-state index >= 15 is 0 Å². The molecule has 0 unspecified atom stereocenters. The summed E-state index contributed by atoms with van der Waals surface area (Å²) in [4.78, 5) is 10.9. The van der Waals surface area contributed by atoms with Crippen molar-refractivity contribution < 1.29 is 14.8 Å². The van der Waals surface area contributed by atoms with Crippen LogP contribution >= 0.6 is 0 Å². The van der Waals surface area contributed by atoms with Crippen LogP contribution in [0.3, 0.4) is 0 Å². The monoisotopic (exact) mass is 215 g/mol. The zero-order valence-corrected chi connectivity index (χ0v) is 8.94. The molecule has 1 saturated heterocycles. The average molecular weight is 215 g/mol. The van der Waals surface area contributed by atoms with Gasteiger partial charge in [-0.1, -0.05) is 0 Å². The molecule has 1 heterocycles. The van der Waals surface area contributed by atoms with Crippen LogP contribution in [0.25, 0.3) is 0 Å². The van der Waals surface area contributed by atoms with Crippen LogP contribution in [0, 0.1) is 10.1 Å². The summed E-state index contributed by atoms with van der Waals surface area (Å²) < 4.78 is 5.46. The van der Waals surface area contributed by atoms with E-state index in [1.807, 2.05) is 6.92 Å². The minimum atomic E-state index is -1.54. The molecule has 2 aliphatic rings. The van der Waals surface area contributed by atoms with Crippen molar-refractivity contribution in [2.24, 2.45) is 0 Å². The van der Waals surface area contributed by atoms with Gasteiger partial charge in [0.15, 0.2) is 0 Å². The Hall–Kier alpha value is -0.680. The van der Waals surface area contributed by atoms with Gasteiger partial charge in [-0.25, -0.2) is 0 Å². The molecule has 0 aromatic rings. The molecule has 1 saturated carbocycles. The lowest BCUT2D eigenvalue weighted by Gasteiger charge is -2.47. The van der Waals surface area contributed by atoms with Gasteiger partial charge in [-0.15, -0.1) is 0 Å². The van der Waals surface area contributed by atoms with Crippen molar-refractivity contribution in [3.63, 3.8) is 0 Å². The second-order valence-electron chi connectivity index (χ2n) is 4.75. The molecule has 0 bridgehead atoms. The first-order valence-electron chi connectivity index (χ1n) is 5.55. The zero-order valence-electron chi connectivity index (χ0n) is 8.94. The van der Waals surface area contributed by atoms with Crippen LogP contribution in [-0.2, 0) is 4.74 Å². The summed E-state index contributed by atoms with van der Waals surface area (Å²) in [6.07, 6.45) is 3.43. The van der Waals surface area contributed by atoms with Crippen molar-refractivity contribution in [1.29, 1.82) is 0 Å². The number of rotatable bonds is 1. The average Bonchev–Trinajstić information content (AvgIpc) is 2.16. The van der Waals surface area contributed by atoms with Crippen LogP contribution in [0.2, 0.25) is 0 Å². The third-order valence-electron chi connectivity index (χ3n) is 3.79. The van der Waals surface area contributed by atoms with Gasteiger partial charge in [0.1, 0.15) is 0 Å². The summed E-state index contributed by atoms with van der Waals surface area (Å²) in [6.45, 7) is 1.86. The molecule has 86 valence electrons. The molecular formula is C10H17NO4. The molecule has 2 rings (SSSR count). The van der Waals surface area contributed by atoms with Crippen molar-refractivity contribution in [1.82, 2.24) is 0 Å². The Labute approximate surface area is 88.6 Å². The molecule has 15 heavy (non-hydrogen) atoms. The summed E-state index contributed by atoms with van der Waals surface area (Å²) in [6, 6.07) is 0. The molecule has 0 aromatic heterocycles. The number of aliphatic hydroxyl groups is 1. The van der Waals surface area contributed by atoms with Gasteiger partial charge in [0.05, 0.1) is 6.10 Å². The maximum atomic E-state index is 11.2. The van der Waals surface area contributed by atoms with E-state index in [2.05, 4.69) is 0 Å². The summed E-state index contributed by atoms with van der Waals surface area (Å²) in [5.74, 6) is -1.54. The first-order valence-corrected chi connectivity index (χ1v) is 5.55. The third-order valence-corrected chi connectivity index (χ3v) is 3.79. The van der Waals surface area contributed by atoms with Crippen molar-refractivity contribution in [3.05, 3.63) is 10.1 Å². The van der Waals surface area contributed by atoms with Crippen LogP contribution in [0.4, 0.5) is 0 Å². The minimum absolute atomic E-state index is 0.0822. The highest BCUT2D eigenvalue weighted by Gasteiger charge is 2.65. The molecule has 1 aliphatic heterocycles. The number of hydrogen-bond acceptors (Lipinski definition) is 4. The van der Waals surface area contributed by atoms with Gasteiger partial charge in [0.2, 0.25) is 5.79 Å². The third kappa shape index (κ3) is 1.45. The Balaban J connectivity index is 2.34. The summed E-state index contributed by atoms with van der Waals surface area (Å²) in [5, 5.41) is 21.5. The molecule has 3 atom stereocenters. The molecular weight excluding hydrogens is 198 g/mol. The zero-order chi connectivity index (χ0) is 11.1. The number of hydrogen-bond donors (Lipinski definition) is 1. The summed E-state index contributed by atoms with van der Waals surface area (Å²) >= 11 is 0. The fraction of sp³-hybridized carbons (Fsp3) is 1.00. The van der Waals surface area contributed by atoms with E-state index in [0.717, 1.165) is 12.8 Å². The van der Waals surface area contributed by atoms with Gasteiger partial charge >= 0.3 is 0 Å². The molecule has 1 N–H and O–H groups in total. The number of ether oxygens (including phenoxy) is 1. The van der Waals surface area contributed by atoms with E-state index in [1.54, 1.807) is 0 Å². The van der Waals surface area contributed by atoms with Gasteiger partial charge in [-0.2, -0.15) is 0 Å². The van der Waals surface area contributed by atoms with Crippen LogP contribution in [-0.4, -0.2) is 27.5 Å². The largest absolute Gasteiger partial charge is 0.360 e. The molecule has 2 fully saturated rings. The van der Waals surface area contributed by atoms with Crippen LogP contribution in [0.15, 0.2) is 0 Å². The van der Waals surface area contributed by atoms with Gasteiger partial charge in [-0.05, 0) is 26.2 Å². The first-order chi connectivity index (χ1) is 7.00. The van der Waals surface area contributed by atoms with E-state index in [4.69, 9.17) is 4.74 Å². The highest BCUT2D eigenvalue weighted by molar-refractivity contribution is 5.00. The lowest BCUT2D eigenvalue weighted by atomic mass is 9.71. The SMILES string of the molecule is C[C@@H]1CC[C@]2([N+](=O)[O-])CCCC[C@]2(O)O1. The van der Waals surface area contributed by atoms with Gasteiger partial charge in [-0.3, -0.25) is 10.1 Å². The van der Waals surface area contributed by atoms with Gasteiger partial charge in [0, 0.05) is 24.2 Å². The van der Waals surface area contributed by atoms with Crippen molar-refractivity contribution in [2.45, 2.75) is 62.9 Å². The Bertz CT molecular complexity index is 283.